The van der Waals surface area contributed by atoms with Crippen LogP contribution in [0.15, 0.2) is 53.9 Å². The zero-order valence-electron chi connectivity index (χ0n) is 18.4. The first-order valence-electron chi connectivity index (χ1n) is 10.8. The maximum absolute atomic E-state index is 12.9. The number of hydrogen-bond acceptors (Lipinski definition) is 5. The molecule has 31 heavy (non-hydrogen) atoms. The summed E-state index contributed by atoms with van der Waals surface area (Å²) in [7, 11) is 1.94. The fourth-order valence-corrected chi connectivity index (χ4v) is 5.01. The van der Waals surface area contributed by atoms with Crippen LogP contribution in [0.2, 0.25) is 0 Å². The predicted octanol–water partition coefficient (Wildman–Crippen LogP) is 4.77. The van der Waals surface area contributed by atoms with E-state index >= 15 is 0 Å². The highest BCUT2D eigenvalue weighted by Crippen LogP contribution is 2.30. The lowest BCUT2D eigenvalue weighted by atomic mass is 9.87. The Morgan fingerprint density at radius 2 is 1.90 bits per heavy atom. The van der Waals surface area contributed by atoms with Crippen molar-refractivity contribution in [3.8, 4) is 17.1 Å². The summed E-state index contributed by atoms with van der Waals surface area (Å²) in [6, 6.07) is 12.4. The van der Waals surface area contributed by atoms with Gasteiger partial charge in [-0.3, -0.25) is 14.3 Å². The largest absolute Gasteiger partial charge is 0.342 e. The number of pyridine rings is 1. The third-order valence-electron chi connectivity index (χ3n) is 6.16. The summed E-state index contributed by atoms with van der Waals surface area (Å²) in [6.45, 7) is 4.37. The molecule has 2 heterocycles. The van der Waals surface area contributed by atoms with Gasteiger partial charge in [-0.1, -0.05) is 36.9 Å². The Hall–Kier alpha value is -2.67. The van der Waals surface area contributed by atoms with E-state index in [0.29, 0.717) is 17.0 Å². The monoisotopic (exact) mass is 435 g/mol. The molecule has 4 rings (SSSR count). The van der Waals surface area contributed by atoms with Gasteiger partial charge in [-0.15, -0.1) is 10.2 Å². The van der Waals surface area contributed by atoms with Crippen LogP contribution >= 0.6 is 11.8 Å². The van der Waals surface area contributed by atoms with Crippen molar-refractivity contribution in [3.05, 3.63) is 54.4 Å². The third kappa shape index (κ3) is 4.82. The molecular formula is C24H29N5OS. The fourth-order valence-electron chi connectivity index (χ4n) is 4.14. The topological polar surface area (TPSA) is 63.9 Å². The highest BCUT2D eigenvalue weighted by molar-refractivity contribution is 7.99. The van der Waals surface area contributed by atoms with Gasteiger partial charge in [-0.2, -0.15) is 0 Å². The van der Waals surface area contributed by atoms with E-state index < -0.39 is 0 Å². The number of benzene rings is 1. The molecule has 0 N–H and O–H groups in total. The number of carbonyl (C=O) groups excluding carboxylic acids is 1. The van der Waals surface area contributed by atoms with Crippen LogP contribution in [0, 0.1) is 12.8 Å². The van der Waals surface area contributed by atoms with Crippen LogP contribution in [-0.4, -0.2) is 49.4 Å². The lowest BCUT2D eigenvalue weighted by Gasteiger charge is -2.33. The zero-order valence-corrected chi connectivity index (χ0v) is 19.2. The predicted molar refractivity (Wildman–Crippen MR) is 124 cm³/mol. The molecule has 1 fully saturated rings. The molecule has 0 radical (unpaired) electrons. The van der Waals surface area contributed by atoms with Crippen LogP contribution in [0.1, 0.15) is 38.2 Å². The normalized spacial score (nSPS) is 18.7. The van der Waals surface area contributed by atoms with Gasteiger partial charge in [0.25, 0.3) is 0 Å². The number of para-hydroxylation sites is 1. The minimum Gasteiger partial charge on any atom is -0.342 e. The number of thioether (sulfide) groups is 1. The molecule has 1 aliphatic carbocycles. The second kappa shape index (κ2) is 9.64. The van der Waals surface area contributed by atoms with E-state index in [2.05, 4.69) is 41.2 Å². The van der Waals surface area contributed by atoms with Crippen LogP contribution in [0.5, 0.6) is 0 Å². The molecule has 0 saturated heterocycles. The smallest absolute Gasteiger partial charge is 0.233 e. The molecule has 1 amide bonds. The van der Waals surface area contributed by atoms with Gasteiger partial charge < -0.3 is 4.90 Å². The number of nitrogens with zero attached hydrogens (tertiary/aromatic N) is 5. The highest BCUT2D eigenvalue weighted by atomic mass is 32.2. The second-order valence-corrected chi connectivity index (χ2v) is 9.32. The van der Waals surface area contributed by atoms with Crippen LogP contribution in [0.3, 0.4) is 0 Å². The maximum atomic E-state index is 12.9. The van der Waals surface area contributed by atoms with Gasteiger partial charge >= 0.3 is 0 Å². The molecular weight excluding hydrogens is 406 g/mol. The zero-order chi connectivity index (χ0) is 21.8. The molecule has 2 aromatic heterocycles. The second-order valence-electron chi connectivity index (χ2n) is 8.38. The minimum absolute atomic E-state index is 0.145. The maximum Gasteiger partial charge on any atom is 0.233 e. The van der Waals surface area contributed by atoms with E-state index in [9.17, 15) is 4.79 Å². The molecule has 6 nitrogen and oxygen atoms in total. The number of aryl methyl sites for hydroxylation is 1. The van der Waals surface area contributed by atoms with Crippen molar-refractivity contribution in [2.24, 2.45) is 5.92 Å². The lowest BCUT2D eigenvalue weighted by Crippen LogP contribution is -2.40. The lowest BCUT2D eigenvalue weighted by molar-refractivity contribution is -0.129. The molecule has 162 valence electrons. The average Bonchev–Trinajstić information content (AvgIpc) is 3.22. The summed E-state index contributed by atoms with van der Waals surface area (Å²) in [4.78, 5) is 19.1. The number of rotatable bonds is 6. The van der Waals surface area contributed by atoms with Gasteiger partial charge in [0.1, 0.15) is 0 Å². The summed E-state index contributed by atoms with van der Waals surface area (Å²) >= 11 is 1.44. The molecule has 0 spiro atoms. The summed E-state index contributed by atoms with van der Waals surface area (Å²) in [5.74, 6) is 1.99. The molecule has 1 aromatic carbocycles. The van der Waals surface area contributed by atoms with Crippen molar-refractivity contribution in [2.75, 3.05) is 12.8 Å². The molecule has 0 aliphatic heterocycles. The molecule has 3 aromatic rings. The number of hydrogen-bond donors (Lipinski definition) is 0. The Bertz CT molecular complexity index is 1030. The molecule has 1 saturated carbocycles. The molecule has 7 heteroatoms. The van der Waals surface area contributed by atoms with Gasteiger partial charge in [0.15, 0.2) is 11.0 Å². The highest BCUT2D eigenvalue weighted by Gasteiger charge is 2.25. The van der Waals surface area contributed by atoms with Gasteiger partial charge in [0.2, 0.25) is 5.91 Å². The quantitative estimate of drug-likeness (QED) is 0.522. The van der Waals surface area contributed by atoms with Crippen LogP contribution in [0.4, 0.5) is 0 Å². The van der Waals surface area contributed by atoms with E-state index in [1.165, 1.54) is 24.6 Å². The van der Waals surface area contributed by atoms with Crippen LogP contribution in [0.25, 0.3) is 17.1 Å². The third-order valence-corrected chi connectivity index (χ3v) is 7.07. The summed E-state index contributed by atoms with van der Waals surface area (Å²) in [6.07, 6.45) is 8.12. The first-order chi connectivity index (χ1) is 15.0. The summed E-state index contributed by atoms with van der Waals surface area (Å²) < 4.78 is 2.03. The van der Waals surface area contributed by atoms with Crippen molar-refractivity contribution < 1.29 is 4.79 Å². The Morgan fingerprint density at radius 3 is 2.61 bits per heavy atom. The Balaban J connectivity index is 1.57. The Morgan fingerprint density at radius 1 is 1.13 bits per heavy atom. The van der Waals surface area contributed by atoms with E-state index in [4.69, 9.17) is 0 Å². The molecule has 0 bridgehead atoms. The first-order valence-corrected chi connectivity index (χ1v) is 11.8. The fraction of sp³-hybridized carbons (Fsp3) is 0.417. The van der Waals surface area contributed by atoms with E-state index in [-0.39, 0.29) is 5.91 Å². The van der Waals surface area contributed by atoms with E-state index in [1.807, 2.05) is 40.8 Å². The Labute approximate surface area is 188 Å². The van der Waals surface area contributed by atoms with Crippen molar-refractivity contribution in [1.82, 2.24) is 24.6 Å². The minimum atomic E-state index is 0.145. The number of carbonyl (C=O) groups is 1. The average molecular weight is 436 g/mol. The van der Waals surface area contributed by atoms with Gasteiger partial charge in [-0.05, 0) is 62.3 Å². The Kier molecular flexibility index (Phi) is 6.70. The molecule has 1 aliphatic rings. The van der Waals surface area contributed by atoms with Crippen molar-refractivity contribution in [1.29, 1.82) is 0 Å². The SMILES string of the molecule is Cc1ccccc1-n1c(SCC(=O)N(C)C2CCC(C)CC2)nnc1-c1cccnc1. The summed E-state index contributed by atoms with van der Waals surface area (Å²) in [5, 5.41) is 9.61. The molecule has 0 atom stereocenters. The van der Waals surface area contributed by atoms with E-state index in [0.717, 1.165) is 41.4 Å². The van der Waals surface area contributed by atoms with Gasteiger partial charge in [-0.25, -0.2) is 0 Å². The summed E-state index contributed by atoms with van der Waals surface area (Å²) in [5.41, 5.74) is 3.02. The number of amides is 1. The first kappa shape index (κ1) is 21.6. The van der Waals surface area contributed by atoms with E-state index in [1.54, 1.807) is 12.4 Å². The van der Waals surface area contributed by atoms with Crippen molar-refractivity contribution in [2.45, 2.75) is 50.7 Å². The van der Waals surface area contributed by atoms with Gasteiger partial charge in [0, 0.05) is 31.0 Å². The van der Waals surface area contributed by atoms with Crippen molar-refractivity contribution >= 4 is 17.7 Å². The molecule has 0 unspecified atom stereocenters. The van der Waals surface area contributed by atoms with Crippen molar-refractivity contribution in [3.63, 3.8) is 0 Å². The number of aromatic nitrogens is 4. The van der Waals surface area contributed by atoms with Crippen LogP contribution in [-0.2, 0) is 4.79 Å². The standard InChI is InChI=1S/C24H29N5OS/c1-17-10-12-20(13-11-17)28(3)22(30)16-31-24-27-26-23(19-8-6-14-25-15-19)29(24)21-9-5-4-7-18(21)2/h4-9,14-15,17,20H,10-13,16H2,1-3H3. The van der Waals surface area contributed by atoms with Crippen LogP contribution < -0.4 is 0 Å². The van der Waals surface area contributed by atoms with Gasteiger partial charge in [0.05, 0.1) is 11.4 Å².